The number of aliphatic carboxylic acids is 2. The van der Waals surface area contributed by atoms with E-state index in [9.17, 15) is 0 Å². The predicted molar refractivity (Wildman–Crippen MR) is 166 cm³/mol. The minimum atomic E-state index is -0.833. The number of carboxylic acids is 2. The number of rotatable bonds is 9. The average molecular weight is 593 g/mol. The van der Waals surface area contributed by atoms with Gasteiger partial charge in [-0.25, -0.2) is 9.98 Å². The third-order valence-electron chi connectivity index (χ3n) is 8.15. The molecule has 6 unspecified atom stereocenters. The Morgan fingerprint density at radius 2 is 0.976 bits per heavy atom. The molecule has 4 saturated carbocycles. The number of carboxylic acid groups (broad SMARTS) is 2. The highest BCUT2D eigenvalue weighted by atomic mass is 16.4. The van der Waals surface area contributed by atoms with Crippen LogP contribution < -0.4 is 33.6 Å². The standard InChI is InChI=1S/C24H44N10.2C2H4O2/c25-21(33-23(27)31-19-13-15-5-7-17(19)11-15)29-9-3-1-2-4-10-30-22(26)34-24(28)32-20-14-16-6-8-18(20)12-16;2*1-2(3)4/h15-20H,1-14H2,(H5,25,27,29,31,33)(H5,26,28,30,32,34);2*1H3,(H,3,4). The van der Waals surface area contributed by atoms with E-state index in [1.165, 1.54) is 38.5 Å². The van der Waals surface area contributed by atoms with Crippen LogP contribution in [0.15, 0.2) is 20.0 Å². The Hall–Kier alpha value is -3.58. The zero-order valence-corrected chi connectivity index (χ0v) is 25.2. The van der Waals surface area contributed by atoms with Crippen LogP contribution in [-0.2, 0) is 9.59 Å². The maximum absolute atomic E-state index is 9.00. The first-order valence-corrected chi connectivity index (χ1v) is 15.1. The van der Waals surface area contributed by atoms with Crippen LogP contribution in [0.4, 0.5) is 0 Å². The van der Waals surface area contributed by atoms with Crippen molar-refractivity contribution in [2.45, 2.75) is 103 Å². The first-order valence-electron chi connectivity index (χ1n) is 15.1. The summed E-state index contributed by atoms with van der Waals surface area (Å²) in [7, 11) is 0. The lowest BCUT2D eigenvalue weighted by Crippen LogP contribution is -2.42. The van der Waals surface area contributed by atoms with Crippen molar-refractivity contribution in [3.05, 3.63) is 0 Å². The number of nitrogens with one attached hydrogen (secondary N) is 2. The summed E-state index contributed by atoms with van der Waals surface area (Å²) in [5, 5.41) is 20.7. The van der Waals surface area contributed by atoms with E-state index in [-0.39, 0.29) is 0 Å². The van der Waals surface area contributed by atoms with Crippen LogP contribution in [0, 0.1) is 23.7 Å². The van der Waals surface area contributed by atoms with Gasteiger partial charge in [0.2, 0.25) is 0 Å². The maximum atomic E-state index is 9.00. The van der Waals surface area contributed by atoms with Crippen molar-refractivity contribution in [3.8, 4) is 0 Å². The predicted octanol–water partition coefficient (Wildman–Crippen LogP) is 1.54. The van der Waals surface area contributed by atoms with Crippen LogP contribution in [0.3, 0.4) is 0 Å². The normalized spacial score (nSPS) is 28.4. The second-order valence-corrected chi connectivity index (χ2v) is 11.7. The smallest absolute Gasteiger partial charge is 0.300 e. The minimum Gasteiger partial charge on any atom is -0.481 e. The molecule has 0 aromatic carbocycles. The van der Waals surface area contributed by atoms with Gasteiger partial charge in [-0.15, -0.1) is 0 Å². The molecule has 4 fully saturated rings. The molecule has 4 rings (SSSR count). The number of hydrogen-bond acceptors (Lipinski definition) is 6. The van der Waals surface area contributed by atoms with Gasteiger partial charge in [-0.1, -0.05) is 25.7 Å². The number of carbonyl (C=O) groups is 2. The third kappa shape index (κ3) is 13.9. The van der Waals surface area contributed by atoms with E-state index < -0.39 is 11.9 Å². The number of hydrogen-bond donors (Lipinski definition) is 8. The summed E-state index contributed by atoms with van der Waals surface area (Å²) in [5.41, 5.74) is 23.9. The molecule has 14 nitrogen and oxygen atoms in total. The molecule has 0 aliphatic heterocycles. The summed E-state index contributed by atoms with van der Waals surface area (Å²) in [5.74, 6) is 2.91. The Labute approximate surface area is 249 Å². The van der Waals surface area contributed by atoms with Crippen molar-refractivity contribution in [3.63, 3.8) is 0 Å². The highest BCUT2D eigenvalue weighted by molar-refractivity contribution is 5.97. The molecule has 238 valence electrons. The number of fused-ring (bicyclic) bond motifs is 4. The highest BCUT2D eigenvalue weighted by Gasteiger charge is 2.40. The van der Waals surface area contributed by atoms with Gasteiger partial charge in [0.1, 0.15) is 0 Å². The quantitative estimate of drug-likeness (QED) is 0.109. The number of unbranched alkanes of at least 4 members (excludes halogenated alkanes) is 3. The molecular weight excluding hydrogens is 540 g/mol. The monoisotopic (exact) mass is 592 g/mol. The number of aliphatic imine (C=N–C) groups is 4. The lowest BCUT2D eigenvalue weighted by atomic mass is 9.96. The first-order chi connectivity index (χ1) is 19.9. The largest absolute Gasteiger partial charge is 0.481 e. The topological polar surface area (TPSA) is 252 Å². The van der Waals surface area contributed by atoms with Crippen LogP contribution in [0.5, 0.6) is 0 Å². The molecule has 0 heterocycles. The van der Waals surface area contributed by atoms with Crippen molar-refractivity contribution < 1.29 is 19.8 Å². The first kappa shape index (κ1) is 34.6. The zero-order chi connectivity index (χ0) is 31.1. The van der Waals surface area contributed by atoms with Crippen molar-refractivity contribution >= 4 is 35.8 Å². The van der Waals surface area contributed by atoms with E-state index in [1.54, 1.807) is 0 Å². The van der Waals surface area contributed by atoms with Gasteiger partial charge in [-0.05, 0) is 75.0 Å². The molecule has 0 saturated heterocycles. The van der Waals surface area contributed by atoms with Gasteiger partial charge in [-0.2, -0.15) is 0 Å². The Kier molecular flexibility index (Phi) is 14.9. The average Bonchev–Trinajstić information content (AvgIpc) is 3.67. The van der Waals surface area contributed by atoms with E-state index in [4.69, 9.17) is 42.7 Å². The summed E-state index contributed by atoms with van der Waals surface area (Å²) in [4.78, 5) is 36.0. The van der Waals surface area contributed by atoms with Crippen LogP contribution >= 0.6 is 0 Å². The van der Waals surface area contributed by atoms with E-state index >= 15 is 0 Å². The molecule has 0 radical (unpaired) electrons. The van der Waals surface area contributed by atoms with Crippen LogP contribution in [0.1, 0.15) is 90.9 Å². The Bertz CT molecular complexity index is 913. The van der Waals surface area contributed by atoms with Gasteiger partial charge < -0.3 is 33.1 Å². The van der Waals surface area contributed by atoms with E-state index in [1.807, 2.05) is 0 Å². The van der Waals surface area contributed by atoms with E-state index in [0.717, 1.165) is 64.2 Å². The molecule has 6 atom stereocenters. The van der Waals surface area contributed by atoms with Crippen LogP contribution in [0.2, 0.25) is 0 Å². The summed E-state index contributed by atoms with van der Waals surface area (Å²) in [6, 6.07) is 0.717. The summed E-state index contributed by atoms with van der Waals surface area (Å²) in [6.45, 7) is 3.51. The van der Waals surface area contributed by atoms with Crippen LogP contribution in [0.25, 0.3) is 0 Å². The molecule has 4 bridgehead atoms. The molecule has 4 aliphatic carbocycles. The molecular formula is C28H52N10O4. The SMILES string of the molecule is CC(=O)O.CC(=O)O.NC(=NCCCCCCN=C(N)NC(N)=NC1CC2CCC1C2)NC(N)=NC1CC2CCC1C2. The van der Waals surface area contributed by atoms with Gasteiger partial charge in [0.15, 0.2) is 23.8 Å². The molecule has 0 amide bonds. The molecule has 0 aromatic rings. The van der Waals surface area contributed by atoms with Gasteiger partial charge in [-0.3, -0.25) is 30.2 Å². The molecule has 42 heavy (non-hydrogen) atoms. The van der Waals surface area contributed by atoms with Crippen molar-refractivity contribution in [1.82, 2.24) is 10.6 Å². The summed E-state index contributed by atoms with van der Waals surface area (Å²) < 4.78 is 0. The summed E-state index contributed by atoms with van der Waals surface area (Å²) in [6.07, 6.45) is 14.3. The fraction of sp³-hybridized carbons (Fsp3) is 0.786. The molecule has 4 aliphatic rings. The Morgan fingerprint density at radius 3 is 1.26 bits per heavy atom. The number of guanidine groups is 4. The van der Waals surface area contributed by atoms with Gasteiger partial charge in [0.05, 0.1) is 12.1 Å². The Morgan fingerprint density at radius 1 is 0.619 bits per heavy atom. The van der Waals surface area contributed by atoms with E-state index in [0.29, 0.717) is 60.8 Å². The molecule has 14 heteroatoms. The molecule has 0 aromatic heterocycles. The van der Waals surface area contributed by atoms with Crippen molar-refractivity contribution in [2.75, 3.05) is 13.1 Å². The zero-order valence-electron chi connectivity index (χ0n) is 25.2. The fourth-order valence-electron chi connectivity index (χ4n) is 6.48. The van der Waals surface area contributed by atoms with Crippen LogP contribution in [-0.4, -0.2) is 71.2 Å². The third-order valence-corrected chi connectivity index (χ3v) is 8.15. The lowest BCUT2D eigenvalue weighted by molar-refractivity contribution is -0.135. The van der Waals surface area contributed by atoms with E-state index in [2.05, 4.69) is 30.6 Å². The molecule has 12 N–H and O–H groups in total. The number of nitrogens with zero attached hydrogens (tertiary/aromatic N) is 4. The summed E-state index contributed by atoms with van der Waals surface area (Å²) >= 11 is 0. The fourth-order valence-corrected chi connectivity index (χ4v) is 6.48. The second kappa shape index (κ2) is 18.1. The highest BCUT2D eigenvalue weighted by Crippen LogP contribution is 2.46. The van der Waals surface area contributed by atoms with Crippen molar-refractivity contribution in [1.29, 1.82) is 0 Å². The van der Waals surface area contributed by atoms with Gasteiger partial charge in [0.25, 0.3) is 11.9 Å². The van der Waals surface area contributed by atoms with Crippen molar-refractivity contribution in [2.24, 2.45) is 66.6 Å². The van der Waals surface area contributed by atoms with Gasteiger partial charge >= 0.3 is 0 Å². The molecule has 0 spiro atoms. The lowest BCUT2D eigenvalue weighted by Gasteiger charge is -2.18. The maximum Gasteiger partial charge on any atom is 0.300 e. The number of nitrogens with two attached hydrogens (primary N) is 4. The minimum absolute atomic E-state index is 0.345. The second-order valence-electron chi connectivity index (χ2n) is 11.7. The Balaban J connectivity index is 0.000000686. The van der Waals surface area contributed by atoms with Gasteiger partial charge in [0, 0.05) is 26.9 Å².